The molecule has 16 heavy (non-hydrogen) atoms. The molecule has 1 aliphatic carbocycles. The lowest BCUT2D eigenvalue weighted by Gasteiger charge is -2.35. The van der Waals surface area contributed by atoms with Crippen molar-refractivity contribution in [1.82, 2.24) is 4.90 Å². The molecule has 1 fully saturated rings. The molecule has 1 amide bonds. The van der Waals surface area contributed by atoms with E-state index in [1.807, 2.05) is 4.90 Å². The van der Waals surface area contributed by atoms with Crippen LogP contribution in [0, 0.1) is 5.41 Å². The summed E-state index contributed by atoms with van der Waals surface area (Å²) in [6.45, 7) is 4.30. The van der Waals surface area contributed by atoms with Gasteiger partial charge in [0.1, 0.15) is 0 Å². The highest BCUT2D eigenvalue weighted by Crippen LogP contribution is 2.39. The zero-order valence-electron chi connectivity index (χ0n) is 10.2. The highest BCUT2D eigenvalue weighted by Gasteiger charge is 2.42. The fraction of sp³-hybridized carbons (Fsp3) is 0.769. The van der Waals surface area contributed by atoms with Crippen molar-refractivity contribution < 1.29 is 4.79 Å². The Morgan fingerprint density at radius 1 is 1.50 bits per heavy atom. The maximum atomic E-state index is 12.5. The Hall–Kier alpha value is -0.830. The maximum Gasteiger partial charge on any atom is 0.230 e. The normalized spacial score (nSPS) is 24.4. The molecule has 0 aromatic heterocycles. The second-order valence-electron chi connectivity index (χ2n) is 5.26. The van der Waals surface area contributed by atoms with E-state index < -0.39 is 0 Å². The summed E-state index contributed by atoms with van der Waals surface area (Å²) in [6, 6.07) is 0. The molecular formula is C13H22N2O. The molecule has 0 saturated heterocycles. The molecular weight excluding hydrogens is 200 g/mol. The Kier molecular flexibility index (Phi) is 3.33. The SMILES string of the molecule is CC1=CCCN(C(=O)C2(CN)CCCC2)C1. The van der Waals surface area contributed by atoms with Gasteiger partial charge in [-0.3, -0.25) is 4.79 Å². The molecule has 0 bridgehead atoms. The Labute approximate surface area is 97.7 Å². The standard InChI is InChI=1S/C13H22N2O/c1-11-5-4-8-15(9-11)12(16)13(10-14)6-2-3-7-13/h5H,2-4,6-10,14H2,1H3. The number of nitrogens with zero attached hydrogens (tertiary/aromatic N) is 1. The molecule has 3 heteroatoms. The van der Waals surface area contributed by atoms with Gasteiger partial charge in [0.05, 0.1) is 5.41 Å². The number of nitrogens with two attached hydrogens (primary N) is 1. The fourth-order valence-corrected chi connectivity index (χ4v) is 2.98. The van der Waals surface area contributed by atoms with E-state index >= 15 is 0 Å². The predicted octanol–water partition coefficient (Wildman–Crippen LogP) is 1.68. The molecule has 0 aromatic rings. The van der Waals surface area contributed by atoms with Gasteiger partial charge in [0.15, 0.2) is 0 Å². The van der Waals surface area contributed by atoms with Crippen molar-refractivity contribution >= 4 is 5.91 Å². The summed E-state index contributed by atoms with van der Waals surface area (Å²) in [4.78, 5) is 14.5. The second kappa shape index (κ2) is 4.58. The van der Waals surface area contributed by atoms with E-state index in [4.69, 9.17) is 5.73 Å². The lowest BCUT2D eigenvalue weighted by molar-refractivity contribution is -0.141. The van der Waals surface area contributed by atoms with E-state index in [1.165, 1.54) is 5.57 Å². The number of carbonyl (C=O) groups excluding carboxylic acids is 1. The van der Waals surface area contributed by atoms with Gasteiger partial charge in [-0.15, -0.1) is 0 Å². The van der Waals surface area contributed by atoms with Crippen LogP contribution in [0.4, 0.5) is 0 Å². The van der Waals surface area contributed by atoms with Crippen LogP contribution in [0.5, 0.6) is 0 Å². The van der Waals surface area contributed by atoms with Crippen molar-refractivity contribution in [3.8, 4) is 0 Å². The zero-order chi connectivity index (χ0) is 11.6. The molecule has 1 saturated carbocycles. The van der Waals surface area contributed by atoms with Crippen LogP contribution in [0.25, 0.3) is 0 Å². The zero-order valence-corrected chi connectivity index (χ0v) is 10.2. The van der Waals surface area contributed by atoms with Gasteiger partial charge < -0.3 is 10.6 Å². The van der Waals surface area contributed by atoms with Crippen molar-refractivity contribution in [2.45, 2.75) is 39.0 Å². The van der Waals surface area contributed by atoms with Crippen molar-refractivity contribution in [2.24, 2.45) is 11.1 Å². The van der Waals surface area contributed by atoms with Crippen LogP contribution in [0.15, 0.2) is 11.6 Å². The third-order valence-corrected chi connectivity index (χ3v) is 4.02. The summed E-state index contributed by atoms with van der Waals surface area (Å²) >= 11 is 0. The Bertz CT molecular complexity index is 303. The third-order valence-electron chi connectivity index (χ3n) is 4.02. The van der Waals surface area contributed by atoms with Gasteiger partial charge in [-0.25, -0.2) is 0 Å². The minimum absolute atomic E-state index is 0.225. The Balaban J connectivity index is 2.09. The van der Waals surface area contributed by atoms with Gasteiger partial charge in [0.2, 0.25) is 5.91 Å². The average molecular weight is 222 g/mol. The van der Waals surface area contributed by atoms with E-state index in [0.29, 0.717) is 12.5 Å². The van der Waals surface area contributed by atoms with E-state index in [0.717, 1.165) is 45.2 Å². The number of carbonyl (C=O) groups is 1. The number of hydrogen-bond donors (Lipinski definition) is 1. The van der Waals surface area contributed by atoms with Crippen LogP contribution in [0.2, 0.25) is 0 Å². The first-order chi connectivity index (χ1) is 7.68. The first kappa shape index (κ1) is 11.6. The van der Waals surface area contributed by atoms with Gasteiger partial charge >= 0.3 is 0 Å². The van der Waals surface area contributed by atoms with Gasteiger partial charge in [-0.2, -0.15) is 0 Å². The lowest BCUT2D eigenvalue weighted by atomic mass is 9.84. The van der Waals surface area contributed by atoms with Crippen molar-refractivity contribution in [2.75, 3.05) is 19.6 Å². The topological polar surface area (TPSA) is 46.3 Å². The Morgan fingerprint density at radius 3 is 2.75 bits per heavy atom. The summed E-state index contributed by atoms with van der Waals surface area (Å²) < 4.78 is 0. The minimum Gasteiger partial charge on any atom is -0.338 e. The first-order valence-electron chi connectivity index (χ1n) is 6.33. The number of rotatable bonds is 2. The van der Waals surface area contributed by atoms with Gasteiger partial charge in [0.25, 0.3) is 0 Å². The van der Waals surface area contributed by atoms with Gasteiger partial charge in [-0.1, -0.05) is 24.5 Å². The smallest absolute Gasteiger partial charge is 0.230 e. The fourth-order valence-electron chi connectivity index (χ4n) is 2.98. The first-order valence-corrected chi connectivity index (χ1v) is 6.33. The molecule has 3 nitrogen and oxygen atoms in total. The molecule has 0 radical (unpaired) electrons. The van der Waals surface area contributed by atoms with Gasteiger partial charge in [-0.05, 0) is 26.2 Å². The van der Waals surface area contributed by atoms with Crippen LogP contribution in [0.3, 0.4) is 0 Å². The minimum atomic E-state index is -0.225. The summed E-state index contributed by atoms with van der Waals surface area (Å²) in [7, 11) is 0. The van der Waals surface area contributed by atoms with E-state index in [1.54, 1.807) is 0 Å². The van der Waals surface area contributed by atoms with Gasteiger partial charge in [0, 0.05) is 19.6 Å². The van der Waals surface area contributed by atoms with Crippen LogP contribution >= 0.6 is 0 Å². The highest BCUT2D eigenvalue weighted by atomic mass is 16.2. The molecule has 2 aliphatic rings. The molecule has 1 aliphatic heterocycles. The monoisotopic (exact) mass is 222 g/mol. The molecule has 0 atom stereocenters. The summed E-state index contributed by atoms with van der Waals surface area (Å²) in [5.41, 5.74) is 6.93. The Morgan fingerprint density at radius 2 is 2.19 bits per heavy atom. The van der Waals surface area contributed by atoms with Crippen molar-refractivity contribution in [3.05, 3.63) is 11.6 Å². The van der Waals surface area contributed by atoms with Crippen molar-refractivity contribution in [3.63, 3.8) is 0 Å². The molecule has 90 valence electrons. The quantitative estimate of drug-likeness (QED) is 0.723. The van der Waals surface area contributed by atoms with Crippen LogP contribution in [0.1, 0.15) is 39.0 Å². The summed E-state index contributed by atoms with van der Waals surface area (Å²) in [5, 5.41) is 0. The van der Waals surface area contributed by atoms with E-state index in [-0.39, 0.29) is 5.41 Å². The lowest BCUT2D eigenvalue weighted by Crippen LogP contribution is -2.48. The van der Waals surface area contributed by atoms with Crippen molar-refractivity contribution in [1.29, 1.82) is 0 Å². The van der Waals surface area contributed by atoms with Crippen LogP contribution in [-0.2, 0) is 4.79 Å². The molecule has 0 unspecified atom stereocenters. The molecule has 0 spiro atoms. The molecule has 1 heterocycles. The maximum absolute atomic E-state index is 12.5. The molecule has 0 aromatic carbocycles. The molecule has 2 rings (SSSR count). The number of amides is 1. The third kappa shape index (κ3) is 2.01. The van der Waals surface area contributed by atoms with E-state index in [9.17, 15) is 4.79 Å². The van der Waals surface area contributed by atoms with E-state index in [2.05, 4.69) is 13.0 Å². The number of hydrogen-bond acceptors (Lipinski definition) is 2. The average Bonchev–Trinajstić information content (AvgIpc) is 2.78. The van der Waals surface area contributed by atoms with Crippen LogP contribution < -0.4 is 5.73 Å². The summed E-state index contributed by atoms with van der Waals surface area (Å²) in [6.07, 6.45) is 7.52. The molecule has 2 N–H and O–H groups in total. The van der Waals surface area contributed by atoms with Crippen LogP contribution in [-0.4, -0.2) is 30.4 Å². The second-order valence-corrected chi connectivity index (χ2v) is 5.26. The predicted molar refractivity (Wildman–Crippen MR) is 64.9 cm³/mol. The summed E-state index contributed by atoms with van der Waals surface area (Å²) in [5.74, 6) is 0.306. The largest absolute Gasteiger partial charge is 0.338 e. The highest BCUT2D eigenvalue weighted by molar-refractivity contribution is 5.83.